The highest BCUT2D eigenvalue weighted by Gasteiger charge is 2.30. The van der Waals surface area contributed by atoms with Gasteiger partial charge in [-0.25, -0.2) is 4.99 Å². The first-order valence-corrected chi connectivity index (χ1v) is 8.04. The fourth-order valence-corrected chi connectivity index (χ4v) is 3.56. The summed E-state index contributed by atoms with van der Waals surface area (Å²) in [5.74, 6) is 1.12. The number of fused-ring (bicyclic) bond motifs is 3. The van der Waals surface area contributed by atoms with E-state index in [4.69, 9.17) is 11.6 Å². The molecule has 1 amide bonds. The molecule has 2 aromatic rings. The van der Waals surface area contributed by atoms with Crippen molar-refractivity contribution in [1.82, 2.24) is 10.2 Å². The van der Waals surface area contributed by atoms with Gasteiger partial charge in [0.05, 0.1) is 17.3 Å². The van der Waals surface area contributed by atoms with Crippen LogP contribution in [0.5, 0.6) is 0 Å². The summed E-state index contributed by atoms with van der Waals surface area (Å²) in [7, 11) is 0. The molecule has 0 unspecified atom stereocenters. The maximum atomic E-state index is 12.4. The van der Waals surface area contributed by atoms with Gasteiger partial charge in [0.25, 0.3) is 5.91 Å². The van der Waals surface area contributed by atoms with Gasteiger partial charge in [-0.3, -0.25) is 20.0 Å². The van der Waals surface area contributed by atoms with Crippen LogP contribution in [0, 0.1) is 0 Å². The van der Waals surface area contributed by atoms with Crippen molar-refractivity contribution in [1.29, 1.82) is 0 Å². The van der Waals surface area contributed by atoms with Crippen LogP contribution in [0.1, 0.15) is 15.2 Å². The van der Waals surface area contributed by atoms with E-state index in [1.165, 1.54) is 11.3 Å². The number of nitrogens with zero attached hydrogens (tertiary/aromatic N) is 3. The average Bonchev–Trinajstić information content (AvgIpc) is 3.16. The van der Waals surface area contributed by atoms with Crippen LogP contribution in [0.3, 0.4) is 0 Å². The van der Waals surface area contributed by atoms with E-state index in [1.54, 1.807) is 11.4 Å². The summed E-state index contributed by atoms with van der Waals surface area (Å²) < 4.78 is 0. The molecule has 0 saturated heterocycles. The third kappa shape index (κ3) is 2.12. The highest BCUT2D eigenvalue weighted by Crippen LogP contribution is 2.28. The number of nitrogens with one attached hydrogen (secondary N) is 1. The van der Waals surface area contributed by atoms with Crippen molar-refractivity contribution >= 4 is 46.3 Å². The summed E-state index contributed by atoms with van der Waals surface area (Å²) in [4.78, 5) is 23.9. The second kappa shape index (κ2) is 5.23. The topological polar surface area (TPSA) is 57.1 Å². The Labute approximate surface area is 136 Å². The maximum Gasteiger partial charge on any atom is 0.269 e. The fourth-order valence-electron chi connectivity index (χ4n) is 2.53. The first-order chi connectivity index (χ1) is 10.7. The molecule has 5 nitrogen and oxygen atoms in total. The van der Waals surface area contributed by atoms with Crippen molar-refractivity contribution in [3.63, 3.8) is 0 Å². The van der Waals surface area contributed by atoms with Crippen LogP contribution in [-0.2, 0) is 0 Å². The van der Waals surface area contributed by atoms with E-state index < -0.39 is 0 Å². The number of carbonyl (C=O) groups excluding carboxylic acids is 1. The van der Waals surface area contributed by atoms with E-state index in [0.29, 0.717) is 28.9 Å². The zero-order valence-corrected chi connectivity index (χ0v) is 13.0. The Bertz CT molecular complexity index is 826. The second-order valence-corrected chi connectivity index (χ2v) is 6.18. The molecule has 0 bridgehead atoms. The van der Waals surface area contributed by atoms with Crippen molar-refractivity contribution in [3.05, 3.63) is 51.2 Å². The first-order valence-electron chi connectivity index (χ1n) is 6.78. The summed E-state index contributed by atoms with van der Waals surface area (Å²) in [6.45, 7) is 1.40. The van der Waals surface area contributed by atoms with E-state index in [-0.39, 0.29) is 5.91 Å². The minimum Gasteiger partial charge on any atom is -0.294 e. The fraction of sp³-hybridized carbons (Fsp3) is 0.133. The van der Waals surface area contributed by atoms with Crippen LogP contribution in [0.15, 0.2) is 45.7 Å². The lowest BCUT2D eigenvalue weighted by molar-refractivity contribution is 0.0978. The summed E-state index contributed by atoms with van der Waals surface area (Å²) in [6.07, 6.45) is 0. The number of amides is 1. The number of carbonyl (C=O) groups is 1. The molecule has 4 rings (SSSR count). The van der Waals surface area contributed by atoms with Crippen LogP contribution < -0.4 is 5.32 Å². The molecule has 7 heteroatoms. The minimum absolute atomic E-state index is 0.246. The van der Waals surface area contributed by atoms with E-state index in [9.17, 15) is 4.79 Å². The van der Waals surface area contributed by atoms with Crippen molar-refractivity contribution in [2.24, 2.45) is 9.98 Å². The van der Waals surface area contributed by atoms with Crippen LogP contribution in [0.4, 0.5) is 5.69 Å². The maximum absolute atomic E-state index is 12.4. The number of halogens is 1. The number of benzene rings is 1. The number of guanidine groups is 1. The SMILES string of the molecule is O=C(NC1=Nc2ccccc2C2=NCCN12)c1sccc1Cl. The highest BCUT2D eigenvalue weighted by molar-refractivity contribution is 7.12. The minimum atomic E-state index is -0.246. The van der Waals surface area contributed by atoms with Gasteiger partial charge in [-0.1, -0.05) is 23.7 Å². The third-order valence-electron chi connectivity index (χ3n) is 3.52. The standard InChI is InChI=1S/C15H11ClN4OS/c16-10-5-8-22-12(10)14(21)19-15-18-11-4-2-1-3-9(11)13-17-6-7-20(13)15/h1-5,8H,6-7H2,(H,18,19,21). The normalized spacial score (nSPS) is 15.8. The number of aliphatic imine (C=N–C) groups is 2. The molecular formula is C15H11ClN4OS. The Morgan fingerprint density at radius 3 is 3.00 bits per heavy atom. The van der Waals surface area contributed by atoms with Gasteiger partial charge in [0.1, 0.15) is 10.7 Å². The van der Waals surface area contributed by atoms with E-state index in [1.807, 2.05) is 29.2 Å². The quantitative estimate of drug-likeness (QED) is 0.874. The van der Waals surface area contributed by atoms with Gasteiger partial charge in [0.15, 0.2) is 0 Å². The van der Waals surface area contributed by atoms with Gasteiger partial charge in [0.2, 0.25) is 5.96 Å². The van der Waals surface area contributed by atoms with Crippen LogP contribution in [0.2, 0.25) is 5.02 Å². The molecule has 0 spiro atoms. The zero-order valence-electron chi connectivity index (χ0n) is 11.4. The first kappa shape index (κ1) is 13.5. The number of thiophene rings is 1. The van der Waals surface area contributed by atoms with Crippen LogP contribution in [-0.4, -0.2) is 35.7 Å². The monoisotopic (exact) mass is 330 g/mol. The van der Waals surface area contributed by atoms with Crippen molar-refractivity contribution < 1.29 is 4.79 Å². The molecule has 110 valence electrons. The van der Waals surface area contributed by atoms with Gasteiger partial charge < -0.3 is 0 Å². The largest absolute Gasteiger partial charge is 0.294 e. The van der Waals surface area contributed by atoms with Gasteiger partial charge in [-0.2, -0.15) is 0 Å². The van der Waals surface area contributed by atoms with Crippen LogP contribution >= 0.6 is 22.9 Å². The molecule has 1 aromatic carbocycles. The Balaban J connectivity index is 1.70. The summed E-state index contributed by atoms with van der Waals surface area (Å²) in [5.41, 5.74) is 1.80. The van der Waals surface area contributed by atoms with E-state index >= 15 is 0 Å². The molecule has 2 aliphatic heterocycles. The number of hydrogen-bond donors (Lipinski definition) is 1. The molecule has 22 heavy (non-hydrogen) atoms. The lowest BCUT2D eigenvalue weighted by Crippen LogP contribution is -2.47. The molecule has 1 aromatic heterocycles. The highest BCUT2D eigenvalue weighted by atomic mass is 35.5. The lowest BCUT2D eigenvalue weighted by atomic mass is 10.1. The number of para-hydroxylation sites is 1. The smallest absolute Gasteiger partial charge is 0.269 e. The predicted molar refractivity (Wildman–Crippen MR) is 88.4 cm³/mol. The van der Waals surface area contributed by atoms with E-state index in [0.717, 1.165) is 17.1 Å². The van der Waals surface area contributed by atoms with Crippen molar-refractivity contribution in [2.45, 2.75) is 0 Å². The number of amidine groups is 1. The number of rotatable bonds is 1. The van der Waals surface area contributed by atoms with Crippen LogP contribution in [0.25, 0.3) is 0 Å². The van der Waals surface area contributed by atoms with Gasteiger partial charge in [0, 0.05) is 12.1 Å². The third-order valence-corrected chi connectivity index (χ3v) is 4.86. The molecular weight excluding hydrogens is 320 g/mol. The Kier molecular flexibility index (Phi) is 3.20. The molecule has 1 N–H and O–H groups in total. The number of hydrogen-bond acceptors (Lipinski definition) is 5. The summed E-state index contributed by atoms with van der Waals surface area (Å²) in [5, 5.41) is 5.10. The Morgan fingerprint density at radius 2 is 2.18 bits per heavy atom. The molecule has 0 radical (unpaired) electrons. The summed E-state index contributed by atoms with van der Waals surface area (Å²) >= 11 is 7.33. The zero-order chi connectivity index (χ0) is 15.1. The van der Waals surface area contributed by atoms with Crippen molar-refractivity contribution in [3.8, 4) is 0 Å². The molecule has 0 aliphatic carbocycles. The second-order valence-electron chi connectivity index (χ2n) is 4.86. The lowest BCUT2D eigenvalue weighted by Gasteiger charge is -2.27. The van der Waals surface area contributed by atoms with Crippen molar-refractivity contribution in [2.75, 3.05) is 13.1 Å². The molecule has 0 atom stereocenters. The average molecular weight is 331 g/mol. The molecule has 2 aliphatic rings. The van der Waals surface area contributed by atoms with E-state index in [2.05, 4.69) is 15.3 Å². The molecule has 0 fully saturated rings. The molecule has 3 heterocycles. The Hall–Kier alpha value is -2.18. The predicted octanol–water partition coefficient (Wildman–Crippen LogP) is 2.89. The van der Waals surface area contributed by atoms with Gasteiger partial charge in [-0.15, -0.1) is 11.3 Å². The molecule has 0 saturated carbocycles. The summed E-state index contributed by atoms with van der Waals surface area (Å²) in [6, 6.07) is 9.50. The Morgan fingerprint density at radius 1 is 1.32 bits per heavy atom. The van der Waals surface area contributed by atoms with Gasteiger partial charge >= 0.3 is 0 Å². The van der Waals surface area contributed by atoms with Gasteiger partial charge in [-0.05, 0) is 23.6 Å².